The van der Waals surface area contributed by atoms with Crippen molar-refractivity contribution in [1.29, 1.82) is 0 Å². The predicted octanol–water partition coefficient (Wildman–Crippen LogP) is 3.55. The molecule has 2 amide bonds. The fraction of sp³-hybridized carbons (Fsp3) is 0.579. The second-order valence-electron chi connectivity index (χ2n) is 6.73. The third-order valence-corrected chi connectivity index (χ3v) is 5.94. The Bertz CT molecular complexity index is 595. The lowest BCUT2D eigenvalue weighted by molar-refractivity contribution is -0.130. The number of amides is 2. The van der Waals surface area contributed by atoms with Crippen LogP contribution in [0.2, 0.25) is 0 Å². The molecule has 4 nitrogen and oxygen atoms in total. The lowest BCUT2D eigenvalue weighted by Crippen LogP contribution is -2.44. The van der Waals surface area contributed by atoms with Crippen molar-refractivity contribution in [2.24, 2.45) is 10.8 Å². The third-order valence-electron chi connectivity index (χ3n) is 5.94. The van der Waals surface area contributed by atoms with Crippen LogP contribution in [0.15, 0.2) is 30.3 Å². The van der Waals surface area contributed by atoms with E-state index in [0.717, 1.165) is 19.3 Å². The summed E-state index contributed by atoms with van der Waals surface area (Å²) in [4.78, 5) is 27.6. The van der Waals surface area contributed by atoms with E-state index in [1.807, 2.05) is 58.0 Å². The molecule has 0 aliphatic carbocycles. The Kier molecular flexibility index (Phi) is 3.83. The maximum atomic E-state index is 13.1. The van der Waals surface area contributed by atoms with Gasteiger partial charge < -0.3 is 4.74 Å². The molecule has 3 fully saturated rings. The molecular weight excluding hydrogens is 290 g/mol. The SMILES string of the molecule is CC.CC12C(=O)N(c3ccccc3)C(=O)C1(C)C1CCCC2O1. The Morgan fingerprint density at radius 2 is 1.43 bits per heavy atom. The summed E-state index contributed by atoms with van der Waals surface area (Å²) in [6.07, 6.45) is 2.50. The highest BCUT2D eigenvalue weighted by Crippen LogP contribution is 2.63. The maximum absolute atomic E-state index is 13.1. The molecule has 2 bridgehead atoms. The highest BCUT2D eigenvalue weighted by atomic mass is 16.5. The first-order valence-electron chi connectivity index (χ1n) is 8.61. The molecule has 0 spiro atoms. The maximum Gasteiger partial charge on any atom is 0.243 e. The molecule has 3 aliphatic rings. The number of anilines is 1. The van der Waals surface area contributed by atoms with Gasteiger partial charge in [0.05, 0.1) is 28.7 Å². The van der Waals surface area contributed by atoms with Crippen molar-refractivity contribution in [3.8, 4) is 0 Å². The third kappa shape index (κ3) is 1.81. The van der Waals surface area contributed by atoms with Gasteiger partial charge in [0.1, 0.15) is 0 Å². The summed E-state index contributed by atoms with van der Waals surface area (Å²) in [5.41, 5.74) is -0.801. The van der Waals surface area contributed by atoms with Crippen LogP contribution in [0.25, 0.3) is 0 Å². The lowest BCUT2D eigenvalue weighted by atomic mass is 9.64. The van der Waals surface area contributed by atoms with Crippen molar-refractivity contribution >= 4 is 17.5 Å². The molecule has 3 saturated heterocycles. The molecular formula is C19H25NO3. The minimum Gasteiger partial charge on any atom is -0.373 e. The number of nitrogens with zero attached hydrogens (tertiary/aromatic N) is 1. The number of benzene rings is 1. The molecule has 3 heterocycles. The normalized spacial score (nSPS) is 38.2. The number of carbonyl (C=O) groups is 2. The summed E-state index contributed by atoms with van der Waals surface area (Å²) < 4.78 is 6.03. The van der Waals surface area contributed by atoms with Crippen LogP contribution >= 0.6 is 0 Å². The molecule has 0 radical (unpaired) electrons. The summed E-state index contributed by atoms with van der Waals surface area (Å²) in [5.74, 6) is -0.203. The fourth-order valence-electron chi connectivity index (χ4n) is 4.43. The molecule has 23 heavy (non-hydrogen) atoms. The predicted molar refractivity (Wildman–Crippen MR) is 89.0 cm³/mol. The first-order chi connectivity index (χ1) is 11.0. The quantitative estimate of drug-likeness (QED) is 0.745. The van der Waals surface area contributed by atoms with Gasteiger partial charge in [-0.1, -0.05) is 32.0 Å². The zero-order valence-electron chi connectivity index (χ0n) is 14.3. The number of hydrogen-bond acceptors (Lipinski definition) is 3. The Balaban J connectivity index is 0.000000753. The average Bonchev–Trinajstić information content (AvgIpc) is 2.86. The summed E-state index contributed by atoms with van der Waals surface area (Å²) in [7, 11) is 0. The van der Waals surface area contributed by atoms with Crippen LogP contribution in [0.5, 0.6) is 0 Å². The van der Waals surface area contributed by atoms with Gasteiger partial charge in [-0.2, -0.15) is 0 Å². The molecule has 4 atom stereocenters. The van der Waals surface area contributed by atoms with Crippen molar-refractivity contribution in [3.63, 3.8) is 0 Å². The molecule has 4 unspecified atom stereocenters. The second kappa shape index (κ2) is 5.45. The van der Waals surface area contributed by atoms with Crippen LogP contribution in [0.4, 0.5) is 5.69 Å². The van der Waals surface area contributed by atoms with E-state index in [4.69, 9.17) is 4.74 Å². The van der Waals surface area contributed by atoms with Gasteiger partial charge >= 0.3 is 0 Å². The van der Waals surface area contributed by atoms with Crippen molar-refractivity contribution < 1.29 is 14.3 Å². The molecule has 4 rings (SSSR count). The number of rotatable bonds is 1. The molecule has 3 aliphatic heterocycles. The molecule has 1 aromatic rings. The Morgan fingerprint density at radius 1 is 0.957 bits per heavy atom. The molecule has 4 heteroatoms. The smallest absolute Gasteiger partial charge is 0.243 e. The van der Waals surface area contributed by atoms with Crippen LogP contribution < -0.4 is 4.90 Å². The molecule has 0 N–H and O–H groups in total. The summed E-state index contributed by atoms with van der Waals surface area (Å²) in [6, 6.07) is 9.23. The van der Waals surface area contributed by atoms with E-state index in [9.17, 15) is 9.59 Å². The van der Waals surface area contributed by atoms with E-state index < -0.39 is 10.8 Å². The van der Waals surface area contributed by atoms with E-state index in [1.54, 1.807) is 0 Å². The van der Waals surface area contributed by atoms with Gasteiger partial charge in [-0.3, -0.25) is 9.59 Å². The standard InChI is InChI=1S/C17H19NO3.C2H6/c1-16-12-9-6-10-13(21-12)17(16,2)15(20)18(14(16)19)11-7-4-3-5-8-11;1-2/h3-5,7-8,12-13H,6,9-10H2,1-2H3;1-2H3. The average molecular weight is 315 g/mol. The first kappa shape index (κ1) is 16.2. The number of hydrogen-bond donors (Lipinski definition) is 0. The largest absolute Gasteiger partial charge is 0.373 e. The molecule has 0 saturated carbocycles. The van der Waals surface area contributed by atoms with Gasteiger partial charge in [0.25, 0.3) is 0 Å². The van der Waals surface area contributed by atoms with E-state index in [0.29, 0.717) is 5.69 Å². The first-order valence-corrected chi connectivity index (χ1v) is 8.61. The number of carbonyl (C=O) groups excluding carboxylic acids is 2. The summed E-state index contributed by atoms with van der Waals surface area (Å²) in [5, 5.41) is 0. The Labute approximate surface area is 137 Å². The van der Waals surface area contributed by atoms with Gasteiger partial charge in [0.2, 0.25) is 11.8 Å². The van der Waals surface area contributed by atoms with Crippen molar-refractivity contribution in [2.45, 2.75) is 59.2 Å². The van der Waals surface area contributed by atoms with E-state index in [2.05, 4.69) is 0 Å². The highest BCUT2D eigenvalue weighted by molar-refractivity contribution is 6.25. The fourth-order valence-corrected chi connectivity index (χ4v) is 4.43. The van der Waals surface area contributed by atoms with Gasteiger partial charge in [-0.05, 0) is 45.2 Å². The minimum atomic E-state index is -0.735. The van der Waals surface area contributed by atoms with Crippen LogP contribution in [0.1, 0.15) is 47.0 Å². The van der Waals surface area contributed by atoms with Gasteiger partial charge in [-0.15, -0.1) is 0 Å². The topological polar surface area (TPSA) is 46.6 Å². The van der Waals surface area contributed by atoms with E-state index in [1.165, 1.54) is 4.90 Å². The highest BCUT2D eigenvalue weighted by Gasteiger charge is 2.75. The zero-order chi connectivity index (χ0) is 16.8. The number of imide groups is 1. The monoisotopic (exact) mass is 315 g/mol. The van der Waals surface area contributed by atoms with Crippen LogP contribution in [-0.4, -0.2) is 24.0 Å². The number of fused-ring (bicyclic) bond motifs is 5. The summed E-state index contributed by atoms with van der Waals surface area (Å²) in [6.45, 7) is 7.85. The molecule has 0 aromatic heterocycles. The van der Waals surface area contributed by atoms with Crippen LogP contribution in [0, 0.1) is 10.8 Å². The van der Waals surface area contributed by atoms with E-state index in [-0.39, 0.29) is 24.0 Å². The summed E-state index contributed by atoms with van der Waals surface area (Å²) >= 11 is 0. The second-order valence-corrected chi connectivity index (χ2v) is 6.73. The minimum absolute atomic E-state index is 0.101. The van der Waals surface area contributed by atoms with Crippen molar-refractivity contribution in [3.05, 3.63) is 30.3 Å². The lowest BCUT2D eigenvalue weighted by Gasteiger charge is -2.30. The van der Waals surface area contributed by atoms with E-state index >= 15 is 0 Å². The van der Waals surface area contributed by atoms with Crippen LogP contribution in [-0.2, 0) is 14.3 Å². The van der Waals surface area contributed by atoms with Gasteiger partial charge in [-0.25, -0.2) is 4.90 Å². The van der Waals surface area contributed by atoms with Gasteiger partial charge in [0, 0.05) is 0 Å². The Hall–Kier alpha value is -1.68. The molecule has 124 valence electrons. The number of ether oxygens (including phenoxy) is 1. The van der Waals surface area contributed by atoms with Crippen molar-refractivity contribution in [2.75, 3.05) is 4.90 Å². The van der Waals surface area contributed by atoms with Crippen LogP contribution in [0.3, 0.4) is 0 Å². The zero-order valence-corrected chi connectivity index (χ0v) is 14.3. The van der Waals surface area contributed by atoms with Gasteiger partial charge in [0.15, 0.2) is 0 Å². The Morgan fingerprint density at radius 3 is 1.91 bits per heavy atom. The van der Waals surface area contributed by atoms with Crippen molar-refractivity contribution in [1.82, 2.24) is 0 Å². The molecule has 1 aromatic carbocycles. The number of para-hydroxylation sites is 1.